The zero-order valence-corrected chi connectivity index (χ0v) is 15.8. The molecule has 7 heteroatoms. The zero-order valence-electron chi connectivity index (χ0n) is 15.0. The van der Waals surface area contributed by atoms with Gasteiger partial charge in [-0.05, 0) is 24.5 Å². The van der Waals surface area contributed by atoms with Gasteiger partial charge in [-0.2, -0.15) is 5.10 Å². The van der Waals surface area contributed by atoms with Crippen molar-refractivity contribution in [1.29, 1.82) is 0 Å². The van der Waals surface area contributed by atoms with Crippen molar-refractivity contribution in [2.75, 3.05) is 31.7 Å². The number of nitrogens with one attached hydrogen (secondary N) is 1. The average Bonchev–Trinajstić information content (AvgIpc) is 3.04. The molecule has 0 saturated carbocycles. The molecular weight excluding hydrogens is 352 g/mol. The average molecular weight is 377 g/mol. The maximum Gasteiger partial charge on any atom is 0.279 e. The lowest BCUT2D eigenvalue weighted by Crippen LogP contribution is -2.36. The third-order valence-corrected chi connectivity index (χ3v) is 5.07. The Kier molecular flexibility index (Phi) is 5.96. The van der Waals surface area contributed by atoms with Crippen LogP contribution in [0.3, 0.4) is 0 Å². The highest BCUT2D eigenvalue weighted by atomic mass is 35.5. The van der Waals surface area contributed by atoms with Crippen LogP contribution in [-0.2, 0) is 30.7 Å². The number of benzene rings is 1. The smallest absolute Gasteiger partial charge is 0.279 e. The van der Waals surface area contributed by atoms with E-state index < -0.39 is 0 Å². The molecule has 0 unspecified atom stereocenters. The molecule has 1 amide bonds. The first-order chi connectivity index (χ1) is 12.3. The molecule has 4 rings (SSSR count). The molecule has 0 spiro atoms. The number of amides is 1. The number of halogens is 1. The van der Waals surface area contributed by atoms with E-state index in [1.165, 1.54) is 11.3 Å². The van der Waals surface area contributed by atoms with Crippen molar-refractivity contribution in [3.8, 4) is 0 Å². The lowest BCUT2D eigenvalue weighted by molar-refractivity contribution is 0.0978. The molecule has 26 heavy (non-hydrogen) atoms. The summed E-state index contributed by atoms with van der Waals surface area (Å²) in [5.74, 6) is 0.0169. The number of methoxy groups -OCH3 is 1. The highest BCUT2D eigenvalue weighted by molar-refractivity contribution is 6.06. The molecular formula is C19H25ClN4O2. The van der Waals surface area contributed by atoms with Crippen molar-refractivity contribution in [3.63, 3.8) is 0 Å². The highest BCUT2D eigenvalue weighted by Gasteiger charge is 2.30. The van der Waals surface area contributed by atoms with Gasteiger partial charge in [-0.25, -0.2) is 0 Å². The quantitative estimate of drug-likeness (QED) is 0.888. The third-order valence-electron chi connectivity index (χ3n) is 5.07. The summed E-state index contributed by atoms with van der Waals surface area (Å²) >= 11 is 0. The largest absolute Gasteiger partial charge is 0.383 e. The van der Waals surface area contributed by atoms with E-state index in [0.717, 1.165) is 43.6 Å². The summed E-state index contributed by atoms with van der Waals surface area (Å²) in [4.78, 5) is 15.2. The van der Waals surface area contributed by atoms with Gasteiger partial charge in [-0.15, -0.1) is 12.4 Å². The van der Waals surface area contributed by atoms with E-state index in [-0.39, 0.29) is 18.3 Å². The lowest BCUT2D eigenvalue weighted by Gasteiger charge is -2.29. The van der Waals surface area contributed by atoms with Gasteiger partial charge in [0.25, 0.3) is 5.91 Å². The van der Waals surface area contributed by atoms with Crippen LogP contribution in [0.5, 0.6) is 0 Å². The number of carbonyl (C=O) groups is 1. The molecule has 3 heterocycles. The van der Waals surface area contributed by atoms with Gasteiger partial charge >= 0.3 is 0 Å². The molecule has 0 atom stereocenters. The van der Waals surface area contributed by atoms with Crippen molar-refractivity contribution in [2.24, 2.45) is 0 Å². The molecule has 2 aliphatic heterocycles. The summed E-state index contributed by atoms with van der Waals surface area (Å²) in [7, 11) is 1.69. The summed E-state index contributed by atoms with van der Waals surface area (Å²) < 4.78 is 7.16. The van der Waals surface area contributed by atoms with Crippen LogP contribution in [-0.4, -0.2) is 42.5 Å². The van der Waals surface area contributed by atoms with Crippen LogP contribution in [0.4, 0.5) is 5.69 Å². The Morgan fingerprint density at radius 2 is 2.15 bits per heavy atom. The van der Waals surface area contributed by atoms with Crippen LogP contribution in [0.15, 0.2) is 24.3 Å². The second-order valence-electron chi connectivity index (χ2n) is 6.61. The minimum absolute atomic E-state index is 0. The zero-order chi connectivity index (χ0) is 17.2. The van der Waals surface area contributed by atoms with Crippen LogP contribution in [0, 0.1) is 0 Å². The maximum absolute atomic E-state index is 13.3. The number of aromatic nitrogens is 2. The van der Waals surface area contributed by atoms with E-state index in [0.29, 0.717) is 25.4 Å². The molecule has 0 aliphatic carbocycles. The maximum atomic E-state index is 13.3. The minimum atomic E-state index is 0. The number of para-hydroxylation sites is 1. The van der Waals surface area contributed by atoms with Gasteiger partial charge in [0.2, 0.25) is 0 Å². The van der Waals surface area contributed by atoms with E-state index in [1.54, 1.807) is 7.11 Å². The van der Waals surface area contributed by atoms with E-state index in [2.05, 4.69) is 16.5 Å². The molecule has 0 bridgehead atoms. The Labute approximate surface area is 159 Å². The van der Waals surface area contributed by atoms with Crippen LogP contribution in [0.25, 0.3) is 0 Å². The molecule has 0 fully saturated rings. The van der Waals surface area contributed by atoms with Crippen LogP contribution in [0.2, 0.25) is 0 Å². The predicted molar refractivity (Wildman–Crippen MR) is 103 cm³/mol. The number of ether oxygens (including phenoxy) is 1. The van der Waals surface area contributed by atoms with E-state index in [9.17, 15) is 4.79 Å². The Morgan fingerprint density at radius 3 is 3.00 bits per heavy atom. The Hall–Kier alpha value is -1.89. The number of carbonyl (C=O) groups excluding carboxylic acids is 1. The molecule has 6 nitrogen and oxygen atoms in total. The Morgan fingerprint density at radius 1 is 1.31 bits per heavy atom. The van der Waals surface area contributed by atoms with Crippen molar-refractivity contribution in [1.82, 2.24) is 15.1 Å². The fourth-order valence-electron chi connectivity index (χ4n) is 3.83. The van der Waals surface area contributed by atoms with Crippen molar-refractivity contribution < 1.29 is 9.53 Å². The summed E-state index contributed by atoms with van der Waals surface area (Å²) in [6, 6.07) is 8.19. The number of fused-ring (bicyclic) bond motifs is 2. The Bertz CT molecular complexity index is 790. The summed E-state index contributed by atoms with van der Waals surface area (Å²) in [5, 5.41) is 8.06. The van der Waals surface area contributed by atoms with Crippen LogP contribution >= 0.6 is 12.4 Å². The van der Waals surface area contributed by atoms with Crippen molar-refractivity contribution in [3.05, 3.63) is 46.8 Å². The van der Waals surface area contributed by atoms with E-state index >= 15 is 0 Å². The molecule has 1 aromatic carbocycles. The highest BCUT2D eigenvalue weighted by Crippen LogP contribution is 2.29. The SMILES string of the molecule is COCCn1nc(C(=O)N2CCCc3ccccc32)c2c1CCNC2.Cl. The van der Waals surface area contributed by atoms with Gasteiger partial charge in [-0.1, -0.05) is 18.2 Å². The summed E-state index contributed by atoms with van der Waals surface area (Å²) in [6.45, 7) is 3.66. The molecule has 0 radical (unpaired) electrons. The van der Waals surface area contributed by atoms with E-state index in [4.69, 9.17) is 4.74 Å². The number of rotatable bonds is 4. The van der Waals surface area contributed by atoms with Gasteiger partial charge < -0.3 is 15.0 Å². The fraction of sp³-hybridized carbons (Fsp3) is 0.474. The third kappa shape index (κ3) is 3.37. The molecule has 1 N–H and O–H groups in total. The van der Waals surface area contributed by atoms with Gasteiger partial charge in [0.15, 0.2) is 5.69 Å². The monoisotopic (exact) mass is 376 g/mol. The van der Waals surface area contributed by atoms with Crippen LogP contribution in [0.1, 0.15) is 33.7 Å². The van der Waals surface area contributed by atoms with Crippen molar-refractivity contribution >= 4 is 24.0 Å². The standard InChI is InChI=1S/C19H24N4O2.ClH/c1-25-12-11-23-17-8-9-20-13-15(17)18(21-23)19(24)22-10-4-6-14-5-2-3-7-16(14)22;/h2-3,5,7,20H,4,6,8-13H2,1H3;1H. The number of hydrogen-bond acceptors (Lipinski definition) is 4. The molecule has 2 aromatic rings. The lowest BCUT2D eigenvalue weighted by atomic mass is 10.0. The predicted octanol–water partition coefficient (Wildman–Crippen LogP) is 2.19. The number of aryl methyl sites for hydroxylation is 1. The van der Waals surface area contributed by atoms with E-state index in [1.807, 2.05) is 27.8 Å². The van der Waals surface area contributed by atoms with Gasteiger partial charge in [0, 0.05) is 50.1 Å². The normalized spacial score (nSPS) is 15.8. The number of hydrogen-bond donors (Lipinski definition) is 1. The second kappa shape index (κ2) is 8.20. The summed E-state index contributed by atoms with van der Waals surface area (Å²) in [5.41, 5.74) is 5.09. The number of nitrogens with zero attached hydrogens (tertiary/aromatic N) is 3. The second-order valence-corrected chi connectivity index (χ2v) is 6.61. The molecule has 0 saturated heterocycles. The first kappa shape index (κ1) is 18.9. The fourth-order valence-corrected chi connectivity index (χ4v) is 3.83. The van der Waals surface area contributed by atoms with Gasteiger partial charge in [0.1, 0.15) is 0 Å². The number of anilines is 1. The first-order valence-corrected chi connectivity index (χ1v) is 8.97. The minimum Gasteiger partial charge on any atom is -0.383 e. The topological polar surface area (TPSA) is 59.4 Å². The molecule has 1 aromatic heterocycles. The van der Waals surface area contributed by atoms with Crippen LogP contribution < -0.4 is 10.2 Å². The Balaban J connectivity index is 0.00000196. The first-order valence-electron chi connectivity index (χ1n) is 8.97. The molecule has 140 valence electrons. The summed E-state index contributed by atoms with van der Waals surface area (Å²) in [6.07, 6.45) is 2.92. The van der Waals surface area contributed by atoms with Gasteiger partial charge in [-0.3, -0.25) is 9.48 Å². The molecule has 2 aliphatic rings. The van der Waals surface area contributed by atoms with Crippen molar-refractivity contribution in [2.45, 2.75) is 32.4 Å². The van der Waals surface area contributed by atoms with Gasteiger partial charge in [0.05, 0.1) is 13.2 Å².